The summed E-state index contributed by atoms with van der Waals surface area (Å²) in [4.78, 5) is 6.70. The van der Waals surface area contributed by atoms with Crippen LogP contribution in [0.4, 0.5) is 0 Å². The number of hydrogen-bond acceptors (Lipinski definition) is 3. The molecule has 0 saturated carbocycles. The summed E-state index contributed by atoms with van der Waals surface area (Å²) >= 11 is 0. The van der Waals surface area contributed by atoms with E-state index >= 15 is 0 Å². The molecular weight excluding hydrogens is 453 g/mol. The fourth-order valence-electron chi connectivity index (χ4n) is 3.99. The van der Waals surface area contributed by atoms with Crippen molar-refractivity contribution < 1.29 is 9.47 Å². The second-order valence-corrected chi connectivity index (χ2v) is 7.64. The lowest BCUT2D eigenvalue weighted by Gasteiger charge is -2.33. The minimum Gasteiger partial charge on any atom is -0.381 e. The molecule has 3 unspecified atom stereocenters. The Labute approximate surface area is 180 Å². The molecule has 2 aliphatic heterocycles. The van der Waals surface area contributed by atoms with Crippen molar-refractivity contribution in [2.24, 2.45) is 16.8 Å². The van der Waals surface area contributed by atoms with Crippen molar-refractivity contribution in [3.63, 3.8) is 0 Å². The minimum absolute atomic E-state index is 0. The summed E-state index contributed by atoms with van der Waals surface area (Å²) in [7, 11) is 3.97. The molecule has 6 heteroatoms. The number of aryl methyl sites for hydroxylation is 1. The number of hydrogen-bond donors (Lipinski definition) is 1. The Balaban J connectivity index is 0.00000261. The highest BCUT2D eigenvalue weighted by Crippen LogP contribution is 2.33. The van der Waals surface area contributed by atoms with Gasteiger partial charge in [-0.05, 0) is 31.7 Å². The van der Waals surface area contributed by atoms with Gasteiger partial charge in [0.25, 0.3) is 0 Å². The van der Waals surface area contributed by atoms with Crippen molar-refractivity contribution in [2.45, 2.75) is 32.3 Å². The molecule has 3 rings (SSSR count). The number of ether oxygens (including phenoxy) is 2. The lowest BCUT2D eigenvalue weighted by atomic mass is 9.89. The number of guanidine groups is 1. The minimum atomic E-state index is 0. The van der Waals surface area contributed by atoms with E-state index in [1.54, 1.807) is 0 Å². The van der Waals surface area contributed by atoms with Crippen LogP contribution in [0.15, 0.2) is 29.3 Å². The predicted octanol–water partition coefficient (Wildman–Crippen LogP) is 3.62. The zero-order valence-electron chi connectivity index (χ0n) is 16.8. The van der Waals surface area contributed by atoms with Crippen molar-refractivity contribution in [2.75, 3.05) is 47.0 Å². The Morgan fingerprint density at radius 3 is 2.67 bits per heavy atom. The molecular formula is C21H34IN3O2. The molecule has 3 atom stereocenters. The van der Waals surface area contributed by atoms with E-state index in [0.29, 0.717) is 11.8 Å². The first-order valence-electron chi connectivity index (χ1n) is 9.85. The average Bonchev–Trinajstić information content (AvgIpc) is 3.16. The first-order chi connectivity index (χ1) is 12.7. The Hall–Kier alpha value is -0.860. The molecule has 1 aromatic rings. The van der Waals surface area contributed by atoms with Crippen LogP contribution in [-0.4, -0.2) is 57.9 Å². The highest BCUT2D eigenvalue weighted by atomic mass is 127. The van der Waals surface area contributed by atoms with Gasteiger partial charge in [0.15, 0.2) is 5.96 Å². The van der Waals surface area contributed by atoms with Crippen LogP contribution in [0.5, 0.6) is 0 Å². The van der Waals surface area contributed by atoms with Crippen molar-refractivity contribution in [1.29, 1.82) is 0 Å². The van der Waals surface area contributed by atoms with Crippen LogP contribution in [0.25, 0.3) is 0 Å². The largest absolute Gasteiger partial charge is 0.381 e. The summed E-state index contributed by atoms with van der Waals surface area (Å²) in [6.07, 6.45) is 3.63. The molecule has 152 valence electrons. The summed E-state index contributed by atoms with van der Waals surface area (Å²) in [6.45, 7) is 6.61. The van der Waals surface area contributed by atoms with Crippen LogP contribution in [0.1, 0.15) is 36.5 Å². The van der Waals surface area contributed by atoms with Gasteiger partial charge in [-0.15, -0.1) is 24.0 Å². The van der Waals surface area contributed by atoms with Crippen LogP contribution in [0.3, 0.4) is 0 Å². The molecule has 0 aliphatic carbocycles. The maximum atomic E-state index is 6.14. The average molecular weight is 487 g/mol. The van der Waals surface area contributed by atoms with Gasteiger partial charge in [0, 0.05) is 52.2 Å². The van der Waals surface area contributed by atoms with Crippen LogP contribution >= 0.6 is 24.0 Å². The number of rotatable bonds is 5. The number of benzene rings is 1. The molecule has 0 amide bonds. The summed E-state index contributed by atoms with van der Waals surface area (Å²) in [5.74, 6) is 2.04. The van der Waals surface area contributed by atoms with Crippen LogP contribution < -0.4 is 5.32 Å². The van der Waals surface area contributed by atoms with E-state index in [1.165, 1.54) is 17.5 Å². The third-order valence-corrected chi connectivity index (χ3v) is 5.50. The summed E-state index contributed by atoms with van der Waals surface area (Å²) in [5.41, 5.74) is 2.57. The van der Waals surface area contributed by atoms with E-state index in [-0.39, 0.29) is 30.1 Å². The summed E-state index contributed by atoms with van der Waals surface area (Å²) < 4.78 is 11.6. The highest BCUT2D eigenvalue weighted by molar-refractivity contribution is 14.0. The molecule has 0 aromatic heterocycles. The fraction of sp³-hybridized carbons (Fsp3) is 0.667. The molecule has 27 heavy (non-hydrogen) atoms. The quantitative estimate of drug-likeness (QED) is 0.392. The van der Waals surface area contributed by atoms with Gasteiger partial charge in [0.2, 0.25) is 0 Å². The van der Waals surface area contributed by atoms with Gasteiger partial charge >= 0.3 is 0 Å². The predicted molar refractivity (Wildman–Crippen MR) is 121 cm³/mol. The normalized spacial score (nSPS) is 25.7. The molecule has 5 nitrogen and oxygen atoms in total. The van der Waals surface area contributed by atoms with E-state index in [2.05, 4.69) is 53.4 Å². The molecule has 2 aliphatic rings. The number of halogens is 1. The van der Waals surface area contributed by atoms with Gasteiger partial charge in [-0.1, -0.05) is 29.8 Å². The summed E-state index contributed by atoms with van der Waals surface area (Å²) in [5, 5.41) is 3.58. The van der Waals surface area contributed by atoms with Crippen molar-refractivity contribution >= 4 is 29.9 Å². The van der Waals surface area contributed by atoms with Crippen LogP contribution in [-0.2, 0) is 9.47 Å². The molecule has 0 spiro atoms. The first-order valence-corrected chi connectivity index (χ1v) is 9.85. The van der Waals surface area contributed by atoms with E-state index in [1.807, 2.05) is 7.05 Å². The van der Waals surface area contributed by atoms with Gasteiger partial charge in [-0.25, -0.2) is 0 Å². The molecule has 2 heterocycles. The first kappa shape index (κ1) is 22.4. The van der Waals surface area contributed by atoms with Crippen molar-refractivity contribution in [3.05, 3.63) is 35.4 Å². The topological polar surface area (TPSA) is 46.1 Å². The number of nitrogens with zero attached hydrogens (tertiary/aromatic N) is 2. The van der Waals surface area contributed by atoms with Crippen molar-refractivity contribution in [1.82, 2.24) is 10.2 Å². The van der Waals surface area contributed by atoms with E-state index < -0.39 is 0 Å². The maximum Gasteiger partial charge on any atom is 0.193 e. The van der Waals surface area contributed by atoms with Crippen molar-refractivity contribution in [3.8, 4) is 0 Å². The Morgan fingerprint density at radius 1 is 1.22 bits per heavy atom. The van der Waals surface area contributed by atoms with Gasteiger partial charge in [0.05, 0.1) is 12.7 Å². The van der Waals surface area contributed by atoms with E-state index in [4.69, 9.17) is 9.47 Å². The van der Waals surface area contributed by atoms with Crippen LogP contribution in [0.2, 0.25) is 0 Å². The van der Waals surface area contributed by atoms with Gasteiger partial charge in [0.1, 0.15) is 0 Å². The zero-order valence-corrected chi connectivity index (χ0v) is 19.1. The smallest absolute Gasteiger partial charge is 0.193 e. The van der Waals surface area contributed by atoms with Crippen LogP contribution in [0, 0.1) is 18.8 Å². The summed E-state index contributed by atoms with van der Waals surface area (Å²) in [6, 6.07) is 8.76. The maximum absolute atomic E-state index is 6.14. The fourth-order valence-corrected chi connectivity index (χ4v) is 3.99. The molecule has 0 bridgehead atoms. The number of nitrogens with one attached hydrogen (secondary N) is 1. The second-order valence-electron chi connectivity index (χ2n) is 7.64. The molecule has 2 fully saturated rings. The van der Waals surface area contributed by atoms with Gasteiger partial charge < -0.3 is 19.7 Å². The Kier molecular flexibility index (Phi) is 9.32. The molecule has 1 aromatic carbocycles. The van der Waals surface area contributed by atoms with E-state index in [0.717, 1.165) is 51.7 Å². The molecule has 0 radical (unpaired) electrons. The lowest BCUT2D eigenvalue weighted by Crippen LogP contribution is -2.44. The monoisotopic (exact) mass is 487 g/mol. The zero-order chi connectivity index (χ0) is 18.4. The number of aliphatic imine (C=N–C) groups is 1. The lowest BCUT2D eigenvalue weighted by molar-refractivity contribution is -0.0266. The van der Waals surface area contributed by atoms with Gasteiger partial charge in [-0.2, -0.15) is 0 Å². The Bertz CT molecular complexity index is 588. The standard InChI is InChI=1S/C21H33N3O2.HI/c1-16-6-8-18(9-7-16)20-19(5-4-11-26-20)13-23-21(22-2)24(3)14-17-10-12-25-15-17;/h6-9,17,19-20H,4-5,10-15H2,1-3H3,(H,22,23);1H. The van der Waals surface area contributed by atoms with E-state index in [9.17, 15) is 0 Å². The highest BCUT2D eigenvalue weighted by Gasteiger charge is 2.28. The Morgan fingerprint density at radius 2 is 2.00 bits per heavy atom. The second kappa shape index (κ2) is 11.2. The third-order valence-electron chi connectivity index (χ3n) is 5.50. The SMILES string of the molecule is CN=C(NCC1CCCOC1c1ccc(C)cc1)N(C)CC1CCOC1.I. The van der Waals surface area contributed by atoms with Gasteiger partial charge in [-0.3, -0.25) is 4.99 Å². The molecule has 2 saturated heterocycles. The third kappa shape index (κ3) is 6.32. The molecule has 1 N–H and O–H groups in total.